The maximum absolute atomic E-state index is 13.6. The topological polar surface area (TPSA) is 29.4 Å². The van der Waals surface area contributed by atoms with E-state index in [1.54, 1.807) is 0 Å². The highest BCUT2D eigenvalue weighted by Crippen LogP contribution is 2.33. The lowest BCUT2D eigenvalue weighted by Crippen LogP contribution is -2.36. The highest BCUT2D eigenvalue weighted by atomic mass is 32.2. The second-order valence-corrected chi connectivity index (χ2v) is 9.38. The lowest BCUT2D eigenvalue weighted by molar-refractivity contribution is 0.637. The molecule has 1 aliphatic rings. The van der Waals surface area contributed by atoms with Crippen LogP contribution in [0.25, 0.3) is 0 Å². The Bertz CT molecular complexity index is 666. The molecule has 1 aromatic rings. The third kappa shape index (κ3) is 2.73. The van der Waals surface area contributed by atoms with Crippen molar-refractivity contribution >= 4 is 15.4 Å². The van der Waals surface area contributed by atoms with Crippen LogP contribution in [0.5, 0.6) is 0 Å². The third-order valence-corrected chi connectivity index (χ3v) is 7.04. The van der Waals surface area contributed by atoms with E-state index in [0.717, 1.165) is 11.3 Å². The summed E-state index contributed by atoms with van der Waals surface area (Å²) < 4.78 is 17.9. The Kier molecular flexibility index (Phi) is 3.92. The molecule has 0 aliphatic heterocycles. The molecule has 0 amide bonds. The predicted molar refractivity (Wildman–Crippen MR) is 87.8 cm³/mol. The van der Waals surface area contributed by atoms with E-state index < -0.39 is 9.73 Å². The molecule has 108 valence electrons. The molecule has 0 aromatic heterocycles. The molecule has 3 heteroatoms. The Morgan fingerprint density at radius 2 is 1.70 bits per heavy atom. The summed E-state index contributed by atoms with van der Waals surface area (Å²) in [4.78, 5) is 0. The SMILES string of the molecule is CC1=CC=CC1S(=O)(=Nc1ccc(C)cc1)C(C)(C)C. The van der Waals surface area contributed by atoms with E-state index >= 15 is 0 Å². The fourth-order valence-corrected chi connectivity index (χ4v) is 4.72. The highest BCUT2D eigenvalue weighted by Gasteiger charge is 2.35. The van der Waals surface area contributed by atoms with Crippen molar-refractivity contribution in [2.75, 3.05) is 0 Å². The van der Waals surface area contributed by atoms with E-state index in [9.17, 15) is 4.21 Å². The molecule has 2 atom stereocenters. The Morgan fingerprint density at radius 1 is 1.10 bits per heavy atom. The molecule has 1 aromatic carbocycles. The first-order valence-electron chi connectivity index (χ1n) is 6.91. The zero-order valence-corrected chi connectivity index (χ0v) is 13.7. The van der Waals surface area contributed by atoms with Crippen LogP contribution in [-0.2, 0) is 9.73 Å². The molecule has 0 N–H and O–H groups in total. The summed E-state index contributed by atoms with van der Waals surface area (Å²) in [6, 6.07) is 7.90. The largest absolute Gasteiger partial charge is 0.248 e. The van der Waals surface area contributed by atoms with Crippen molar-refractivity contribution in [3.63, 3.8) is 0 Å². The zero-order valence-electron chi connectivity index (χ0n) is 12.9. The number of hydrogen-bond donors (Lipinski definition) is 0. The molecule has 2 rings (SSSR count). The minimum Gasteiger partial charge on any atom is -0.248 e. The maximum Gasteiger partial charge on any atom is 0.0831 e. The van der Waals surface area contributed by atoms with E-state index in [1.165, 1.54) is 5.56 Å². The van der Waals surface area contributed by atoms with Gasteiger partial charge in [-0.05, 0) is 46.8 Å². The number of hydrogen-bond acceptors (Lipinski definition) is 2. The zero-order chi connectivity index (χ0) is 15.0. The number of rotatable bonds is 2. The fraction of sp³-hybridized carbons (Fsp3) is 0.412. The van der Waals surface area contributed by atoms with Gasteiger partial charge in [-0.3, -0.25) is 0 Å². The van der Waals surface area contributed by atoms with E-state index in [4.69, 9.17) is 0 Å². The van der Waals surface area contributed by atoms with Crippen LogP contribution in [0.3, 0.4) is 0 Å². The average Bonchev–Trinajstić information content (AvgIpc) is 2.77. The van der Waals surface area contributed by atoms with Gasteiger partial charge in [0.2, 0.25) is 0 Å². The van der Waals surface area contributed by atoms with Crippen molar-refractivity contribution in [2.24, 2.45) is 4.36 Å². The van der Waals surface area contributed by atoms with Gasteiger partial charge < -0.3 is 0 Å². The minimum atomic E-state index is -2.43. The first-order chi connectivity index (χ1) is 9.24. The van der Waals surface area contributed by atoms with Crippen molar-refractivity contribution in [3.8, 4) is 0 Å². The van der Waals surface area contributed by atoms with Gasteiger partial charge in [-0.1, -0.05) is 41.5 Å². The number of allylic oxidation sites excluding steroid dienone is 2. The van der Waals surface area contributed by atoms with Crippen LogP contribution < -0.4 is 0 Å². The smallest absolute Gasteiger partial charge is 0.0831 e. The summed E-state index contributed by atoms with van der Waals surface area (Å²) in [5.74, 6) is 0. The van der Waals surface area contributed by atoms with Crippen molar-refractivity contribution in [2.45, 2.75) is 44.6 Å². The van der Waals surface area contributed by atoms with Gasteiger partial charge in [-0.15, -0.1) is 0 Å². The minimum absolute atomic E-state index is 0.0937. The Balaban J connectivity index is 2.59. The number of nitrogens with zero attached hydrogens (tertiary/aromatic N) is 1. The van der Waals surface area contributed by atoms with Crippen molar-refractivity contribution in [3.05, 3.63) is 53.6 Å². The number of aryl methyl sites for hydroxylation is 1. The fourth-order valence-electron chi connectivity index (χ4n) is 2.25. The molecule has 1 aliphatic carbocycles. The van der Waals surface area contributed by atoms with Crippen molar-refractivity contribution < 1.29 is 4.21 Å². The lowest BCUT2D eigenvalue weighted by atomic mass is 10.2. The molecule has 0 fully saturated rings. The normalized spacial score (nSPS) is 21.4. The van der Waals surface area contributed by atoms with Crippen molar-refractivity contribution in [1.29, 1.82) is 0 Å². The van der Waals surface area contributed by atoms with E-state index in [2.05, 4.69) is 4.36 Å². The van der Waals surface area contributed by atoms with E-state index in [1.807, 2.05) is 77.1 Å². The summed E-state index contributed by atoms with van der Waals surface area (Å²) in [6.07, 6.45) is 6.03. The maximum atomic E-state index is 13.6. The average molecular weight is 289 g/mol. The monoisotopic (exact) mass is 289 g/mol. The summed E-state index contributed by atoms with van der Waals surface area (Å²) in [5.41, 5.74) is 3.10. The van der Waals surface area contributed by atoms with Crippen LogP contribution in [0, 0.1) is 6.92 Å². The molecule has 0 saturated carbocycles. The molecule has 2 unspecified atom stereocenters. The first-order valence-corrected chi connectivity index (χ1v) is 8.49. The van der Waals surface area contributed by atoms with E-state index in [0.29, 0.717) is 0 Å². The molecule has 0 saturated heterocycles. The summed E-state index contributed by atoms with van der Waals surface area (Å²) in [5, 5.41) is -0.0937. The van der Waals surface area contributed by atoms with Crippen LogP contribution in [0.15, 0.2) is 52.4 Å². The van der Waals surface area contributed by atoms with Gasteiger partial charge in [0, 0.05) is 4.75 Å². The number of benzene rings is 1. The molecule has 0 bridgehead atoms. The third-order valence-electron chi connectivity index (χ3n) is 3.59. The molecule has 2 nitrogen and oxygen atoms in total. The van der Waals surface area contributed by atoms with Gasteiger partial charge in [0.15, 0.2) is 0 Å². The highest BCUT2D eigenvalue weighted by molar-refractivity contribution is 7.96. The first kappa shape index (κ1) is 15.0. The van der Waals surface area contributed by atoms with Gasteiger partial charge in [0.25, 0.3) is 0 Å². The second kappa shape index (κ2) is 5.21. The standard InChI is InChI=1S/C17H23NOS/c1-13-9-11-15(12-10-13)18-20(19,17(3,4)5)16-8-6-7-14(16)2/h6-12,16H,1-5H3. The quantitative estimate of drug-likeness (QED) is 0.770. The summed E-state index contributed by atoms with van der Waals surface area (Å²) in [6.45, 7) is 10.1. The van der Waals surface area contributed by atoms with Gasteiger partial charge in [0.05, 0.1) is 20.7 Å². The second-order valence-electron chi connectivity index (χ2n) is 6.32. The van der Waals surface area contributed by atoms with Crippen LogP contribution in [0.4, 0.5) is 5.69 Å². The molecule has 20 heavy (non-hydrogen) atoms. The van der Waals surface area contributed by atoms with E-state index in [-0.39, 0.29) is 10.00 Å². The summed E-state index contributed by atoms with van der Waals surface area (Å²) in [7, 11) is -2.43. The molecule has 0 spiro atoms. The molecular formula is C17H23NOS. The van der Waals surface area contributed by atoms with Crippen LogP contribution in [0.2, 0.25) is 0 Å². The Hall–Kier alpha value is -1.35. The van der Waals surface area contributed by atoms with Gasteiger partial charge in [0.1, 0.15) is 0 Å². The Morgan fingerprint density at radius 3 is 2.15 bits per heavy atom. The lowest BCUT2D eigenvalue weighted by Gasteiger charge is -2.29. The van der Waals surface area contributed by atoms with Crippen LogP contribution in [0.1, 0.15) is 33.3 Å². The Labute approximate surface area is 122 Å². The molecule has 0 radical (unpaired) electrons. The van der Waals surface area contributed by atoms with Crippen LogP contribution >= 0.6 is 0 Å². The predicted octanol–water partition coefficient (Wildman–Crippen LogP) is 4.78. The molecule has 0 heterocycles. The van der Waals surface area contributed by atoms with Gasteiger partial charge in [-0.25, -0.2) is 4.21 Å². The van der Waals surface area contributed by atoms with Gasteiger partial charge >= 0.3 is 0 Å². The summed E-state index contributed by atoms with van der Waals surface area (Å²) >= 11 is 0. The van der Waals surface area contributed by atoms with Gasteiger partial charge in [-0.2, -0.15) is 4.36 Å². The van der Waals surface area contributed by atoms with Crippen molar-refractivity contribution in [1.82, 2.24) is 0 Å². The van der Waals surface area contributed by atoms with Crippen LogP contribution in [-0.4, -0.2) is 14.2 Å². The molecular weight excluding hydrogens is 266 g/mol.